The van der Waals surface area contributed by atoms with Gasteiger partial charge in [-0.1, -0.05) is 76.2 Å². The fraction of sp³-hybridized carbons (Fsp3) is 0.478. The molecule has 0 atom stereocenters. The van der Waals surface area contributed by atoms with Gasteiger partial charge in [-0.05, 0) is 129 Å². The molecule has 0 amide bonds. The maximum Gasteiger partial charge on any atom is 0.333 e. The zero-order chi connectivity index (χ0) is 39.3. The minimum atomic E-state index is -0.687. The molecule has 1 aliphatic rings. The van der Waals surface area contributed by atoms with Crippen molar-refractivity contribution in [3.8, 4) is 28.0 Å². The van der Waals surface area contributed by atoms with Gasteiger partial charge in [0, 0.05) is 22.1 Å². The largest absolute Gasteiger partial charge is 0.493 e. The van der Waals surface area contributed by atoms with Crippen LogP contribution >= 0.6 is 0 Å². The van der Waals surface area contributed by atoms with Crippen molar-refractivity contribution in [1.29, 1.82) is 0 Å². The molecule has 1 saturated carbocycles. The second-order valence-corrected chi connectivity index (χ2v) is 15.2. The molecule has 0 spiro atoms. The lowest BCUT2D eigenvalue weighted by Gasteiger charge is -2.28. The molecule has 0 bridgehead atoms. The van der Waals surface area contributed by atoms with E-state index >= 15 is 4.39 Å². The summed E-state index contributed by atoms with van der Waals surface area (Å²) in [6, 6.07) is 17.7. The first kappa shape index (κ1) is 42.5. The lowest BCUT2D eigenvalue weighted by Crippen LogP contribution is -2.31. The minimum absolute atomic E-state index is 0.164. The molecular weight excluding hydrogens is 683 g/mol. The standard InChI is InChI=1S/C46H59FO7/c1-7-46(29-48,30-49)22-25-52-43-38(10-8-23-53-44(50)31(2)3)26-40(27-39(43)11-9-24-54-45(51)32(4)5)41-21-20-37(28-42(41)47)36-18-16-35(17-19-36)34-14-12-33(6)13-15-34/h16-21,26-28,33-34,48-49H,2,4,7-15,22-25,29-30H2,1,3,5-6H3. The van der Waals surface area contributed by atoms with E-state index in [1.54, 1.807) is 19.9 Å². The number of carbonyl (C=O) groups is 2. The molecule has 0 saturated heterocycles. The van der Waals surface area contributed by atoms with Gasteiger partial charge in [-0.15, -0.1) is 0 Å². The van der Waals surface area contributed by atoms with Crippen LogP contribution in [0.5, 0.6) is 5.75 Å². The van der Waals surface area contributed by atoms with Gasteiger partial charge in [-0.25, -0.2) is 14.0 Å². The molecule has 2 N–H and O–H groups in total. The molecule has 1 fully saturated rings. The van der Waals surface area contributed by atoms with Gasteiger partial charge in [-0.2, -0.15) is 0 Å². The molecule has 3 aromatic rings. The fourth-order valence-corrected chi connectivity index (χ4v) is 7.02. The maximum atomic E-state index is 16.2. The van der Waals surface area contributed by atoms with E-state index in [9.17, 15) is 19.8 Å². The minimum Gasteiger partial charge on any atom is -0.493 e. The first-order chi connectivity index (χ1) is 25.9. The Labute approximate surface area is 321 Å². The highest BCUT2D eigenvalue weighted by molar-refractivity contribution is 5.87. The summed E-state index contributed by atoms with van der Waals surface area (Å²) in [5, 5.41) is 20.1. The zero-order valence-corrected chi connectivity index (χ0v) is 32.7. The van der Waals surface area contributed by atoms with Gasteiger partial charge in [0.25, 0.3) is 0 Å². The van der Waals surface area contributed by atoms with Gasteiger partial charge in [0.2, 0.25) is 0 Å². The summed E-state index contributed by atoms with van der Waals surface area (Å²) in [6.45, 7) is 14.9. The molecule has 4 rings (SSSR count). The molecule has 7 nitrogen and oxygen atoms in total. The number of rotatable bonds is 20. The van der Waals surface area contributed by atoms with Crippen molar-refractivity contribution in [2.45, 2.75) is 97.8 Å². The first-order valence-corrected chi connectivity index (χ1v) is 19.5. The molecule has 8 heteroatoms. The maximum absolute atomic E-state index is 16.2. The van der Waals surface area contributed by atoms with Gasteiger partial charge in [0.15, 0.2) is 0 Å². The van der Waals surface area contributed by atoms with Crippen LogP contribution in [0.1, 0.15) is 102 Å². The Morgan fingerprint density at radius 2 is 1.31 bits per heavy atom. The van der Waals surface area contributed by atoms with Crippen LogP contribution in [-0.2, 0) is 31.9 Å². The topological polar surface area (TPSA) is 102 Å². The summed E-state index contributed by atoms with van der Waals surface area (Å²) in [7, 11) is 0. The lowest BCUT2D eigenvalue weighted by molar-refractivity contribution is -0.139. The number of halogens is 1. The molecule has 3 aromatic carbocycles. The van der Waals surface area contributed by atoms with Crippen LogP contribution in [-0.4, -0.2) is 55.2 Å². The van der Waals surface area contributed by atoms with Crippen molar-refractivity contribution in [2.24, 2.45) is 11.3 Å². The summed E-state index contributed by atoms with van der Waals surface area (Å²) in [5.74, 6) is 0.707. The average molecular weight is 743 g/mol. The van der Waals surface area contributed by atoms with Gasteiger partial charge >= 0.3 is 11.9 Å². The van der Waals surface area contributed by atoms with Crippen LogP contribution in [0.25, 0.3) is 22.3 Å². The van der Waals surface area contributed by atoms with Crippen molar-refractivity contribution in [2.75, 3.05) is 33.0 Å². The molecule has 292 valence electrons. The monoisotopic (exact) mass is 742 g/mol. The van der Waals surface area contributed by atoms with E-state index in [1.807, 2.05) is 31.2 Å². The second kappa shape index (κ2) is 20.4. The second-order valence-electron chi connectivity index (χ2n) is 15.2. The number of ether oxygens (including phenoxy) is 3. The van der Waals surface area contributed by atoms with Crippen LogP contribution < -0.4 is 4.74 Å². The van der Waals surface area contributed by atoms with Crippen LogP contribution in [0.3, 0.4) is 0 Å². The van der Waals surface area contributed by atoms with E-state index in [0.717, 1.165) is 28.2 Å². The Morgan fingerprint density at radius 1 is 0.778 bits per heavy atom. The van der Waals surface area contributed by atoms with Crippen LogP contribution in [0.2, 0.25) is 0 Å². The van der Waals surface area contributed by atoms with Gasteiger partial charge < -0.3 is 24.4 Å². The summed E-state index contributed by atoms with van der Waals surface area (Å²) in [4.78, 5) is 24.1. The fourth-order valence-electron chi connectivity index (χ4n) is 7.02. The molecule has 0 aromatic heterocycles. The van der Waals surface area contributed by atoms with Crippen molar-refractivity contribution >= 4 is 11.9 Å². The van der Waals surface area contributed by atoms with Gasteiger partial charge in [0.1, 0.15) is 11.6 Å². The molecule has 1 aliphatic carbocycles. The SMILES string of the molecule is C=C(C)C(=O)OCCCc1cc(-c2ccc(-c3ccc(C4CCC(C)CC4)cc3)cc2F)cc(CCCOC(=O)C(=C)C)c1OCCC(CC)(CO)CO. The normalized spacial score (nSPS) is 15.8. The highest BCUT2D eigenvalue weighted by Crippen LogP contribution is 2.38. The third kappa shape index (κ3) is 11.6. The summed E-state index contributed by atoms with van der Waals surface area (Å²) in [5.41, 5.74) is 5.77. The summed E-state index contributed by atoms with van der Waals surface area (Å²) in [6.07, 6.45) is 7.83. The van der Waals surface area contributed by atoms with Crippen molar-refractivity contribution in [3.63, 3.8) is 0 Å². The van der Waals surface area contributed by atoms with E-state index in [2.05, 4.69) is 44.3 Å². The Kier molecular flexibility index (Phi) is 16.1. The summed E-state index contributed by atoms with van der Waals surface area (Å²) < 4.78 is 33.4. The van der Waals surface area contributed by atoms with E-state index < -0.39 is 17.4 Å². The summed E-state index contributed by atoms with van der Waals surface area (Å²) >= 11 is 0. The number of esters is 2. The quantitative estimate of drug-likeness (QED) is 0.0675. The number of aliphatic hydroxyl groups excluding tert-OH is 2. The Balaban J connectivity index is 1.66. The highest BCUT2D eigenvalue weighted by atomic mass is 19.1. The number of hydrogen-bond donors (Lipinski definition) is 2. The Morgan fingerprint density at radius 3 is 1.80 bits per heavy atom. The van der Waals surface area contributed by atoms with Crippen LogP contribution in [0, 0.1) is 17.2 Å². The number of aliphatic hydroxyl groups is 2. The molecule has 54 heavy (non-hydrogen) atoms. The molecular formula is C46H59FO7. The van der Waals surface area contributed by atoms with Crippen molar-refractivity contribution < 1.29 is 38.4 Å². The van der Waals surface area contributed by atoms with Gasteiger partial charge in [0.05, 0.1) is 33.0 Å². The van der Waals surface area contributed by atoms with Crippen LogP contribution in [0.15, 0.2) is 78.9 Å². The highest BCUT2D eigenvalue weighted by Gasteiger charge is 2.27. The van der Waals surface area contributed by atoms with E-state index in [0.29, 0.717) is 72.5 Å². The number of carbonyl (C=O) groups excluding carboxylic acids is 2. The average Bonchev–Trinajstić information content (AvgIpc) is 3.17. The number of aryl methyl sites for hydroxylation is 2. The van der Waals surface area contributed by atoms with Crippen LogP contribution in [0.4, 0.5) is 4.39 Å². The third-order valence-corrected chi connectivity index (χ3v) is 10.9. The molecule has 0 heterocycles. The van der Waals surface area contributed by atoms with Gasteiger partial charge in [-0.3, -0.25) is 0 Å². The van der Waals surface area contributed by atoms with E-state index in [4.69, 9.17) is 14.2 Å². The smallest absolute Gasteiger partial charge is 0.333 e. The first-order valence-electron chi connectivity index (χ1n) is 19.5. The predicted octanol–water partition coefficient (Wildman–Crippen LogP) is 9.71. The molecule has 0 aliphatic heterocycles. The Hall–Kier alpha value is -4.27. The van der Waals surface area contributed by atoms with Crippen molar-refractivity contribution in [1.82, 2.24) is 0 Å². The number of benzene rings is 3. The van der Waals surface area contributed by atoms with E-state index in [1.165, 1.54) is 31.2 Å². The predicted molar refractivity (Wildman–Crippen MR) is 213 cm³/mol. The Bertz CT molecular complexity index is 1670. The third-order valence-electron chi connectivity index (χ3n) is 10.9. The number of hydrogen-bond acceptors (Lipinski definition) is 7. The molecule has 0 unspecified atom stereocenters. The lowest BCUT2D eigenvalue weighted by atomic mass is 9.79. The molecule has 0 radical (unpaired) electrons. The zero-order valence-electron chi connectivity index (χ0n) is 32.7. The van der Waals surface area contributed by atoms with Crippen molar-refractivity contribution in [3.05, 3.63) is 101 Å². The van der Waals surface area contributed by atoms with E-state index in [-0.39, 0.29) is 38.9 Å².